The van der Waals surface area contributed by atoms with Crippen molar-refractivity contribution in [2.45, 2.75) is 46.5 Å². The Morgan fingerprint density at radius 2 is 1.62 bits per heavy atom. The maximum absolute atomic E-state index is 12.7. The van der Waals surface area contributed by atoms with Crippen molar-refractivity contribution in [2.24, 2.45) is 5.92 Å². The Bertz CT molecular complexity index is 995. The van der Waals surface area contributed by atoms with Crippen LogP contribution < -0.4 is 10.6 Å². The fraction of sp³-hybridized carbons (Fsp3) is 0.444. The van der Waals surface area contributed by atoms with E-state index in [9.17, 15) is 14.4 Å². The van der Waals surface area contributed by atoms with Gasteiger partial charge in [-0.05, 0) is 93.7 Å². The molecular weight excluding hydrogens is 430 g/mol. The molecule has 0 aromatic heterocycles. The van der Waals surface area contributed by atoms with E-state index >= 15 is 0 Å². The normalized spacial score (nSPS) is 14.4. The number of esters is 1. The SMILES string of the molecule is CCCCOC(=O)c1ccc(NC(=O)C2CCN(CC(=O)Nc3ccc(C)c(C)c3)CC2)cc1. The van der Waals surface area contributed by atoms with Gasteiger partial charge in [-0.2, -0.15) is 0 Å². The number of likely N-dealkylation sites (tertiary alicyclic amines) is 1. The standard InChI is InChI=1S/C27H35N3O4/c1-4-5-16-34-27(33)22-7-10-23(11-8-22)29-26(32)21-12-14-30(15-13-21)18-25(31)28-24-9-6-19(2)20(3)17-24/h6-11,17,21H,4-5,12-16,18H2,1-3H3,(H,28,31)(H,29,32). The molecule has 0 radical (unpaired) electrons. The number of hydrogen-bond acceptors (Lipinski definition) is 5. The van der Waals surface area contributed by atoms with E-state index in [1.54, 1.807) is 24.3 Å². The predicted octanol–water partition coefficient (Wildman–Crippen LogP) is 4.55. The van der Waals surface area contributed by atoms with Gasteiger partial charge in [-0.1, -0.05) is 19.4 Å². The number of piperidine rings is 1. The molecule has 0 bridgehead atoms. The first-order valence-electron chi connectivity index (χ1n) is 12.0. The van der Waals surface area contributed by atoms with Crippen molar-refractivity contribution in [3.05, 3.63) is 59.2 Å². The Hall–Kier alpha value is -3.19. The molecule has 7 nitrogen and oxygen atoms in total. The van der Waals surface area contributed by atoms with Crippen LogP contribution in [0.2, 0.25) is 0 Å². The van der Waals surface area contributed by atoms with E-state index in [2.05, 4.69) is 15.5 Å². The number of anilines is 2. The molecule has 2 aromatic rings. The van der Waals surface area contributed by atoms with Gasteiger partial charge in [-0.3, -0.25) is 14.5 Å². The van der Waals surface area contributed by atoms with E-state index in [1.807, 2.05) is 39.0 Å². The van der Waals surface area contributed by atoms with Crippen molar-refractivity contribution in [3.8, 4) is 0 Å². The van der Waals surface area contributed by atoms with Crippen molar-refractivity contribution < 1.29 is 19.1 Å². The molecule has 34 heavy (non-hydrogen) atoms. The first-order valence-corrected chi connectivity index (χ1v) is 12.0. The molecule has 1 aliphatic heterocycles. The van der Waals surface area contributed by atoms with Gasteiger partial charge in [0, 0.05) is 17.3 Å². The van der Waals surface area contributed by atoms with Gasteiger partial charge in [0.25, 0.3) is 0 Å². The van der Waals surface area contributed by atoms with Gasteiger partial charge in [0.2, 0.25) is 11.8 Å². The summed E-state index contributed by atoms with van der Waals surface area (Å²) >= 11 is 0. The average Bonchev–Trinajstić information content (AvgIpc) is 2.82. The largest absolute Gasteiger partial charge is 0.462 e. The number of benzene rings is 2. The van der Waals surface area contributed by atoms with Crippen LogP contribution in [0.3, 0.4) is 0 Å². The Morgan fingerprint density at radius 3 is 2.26 bits per heavy atom. The smallest absolute Gasteiger partial charge is 0.338 e. The van der Waals surface area contributed by atoms with Crippen LogP contribution >= 0.6 is 0 Å². The summed E-state index contributed by atoms with van der Waals surface area (Å²) in [5.41, 5.74) is 4.28. The second kappa shape index (κ2) is 12.3. The number of ether oxygens (including phenoxy) is 1. The molecule has 1 saturated heterocycles. The minimum Gasteiger partial charge on any atom is -0.462 e. The van der Waals surface area contributed by atoms with E-state index in [1.165, 1.54) is 5.56 Å². The molecule has 0 saturated carbocycles. The van der Waals surface area contributed by atoms with Crippen LogP contribution in [0.5, 0.6) is 0 Å². The maximum Gasteiger partial charge on any atom is 0.338 e. The van der Waals surface area contributed by atoms with E-state index < -0.39 is 0 Å². The number of rotatable bonds is 9. The fourth-order valence-electron chi connectivity index (χ4n) is 3.90. The van der Waals surface area contributed by atoms with Crippen LogP contribution in [0.25, 0.3) is 0 Å². The maximum atomic E-state index is 12.7. The molecule has 0 spiro atoms. The summed E-state index contributed by atoms with van der Waals surface area (Å²) in [6, 6.07) is 12.7. The van der Waals surface area contributed by atoms with Gasteiger partial charge in [-0.25, -0.2) is 4.79 Å². The van der Waals surface area contributed by atoms with Gasteiger partial charge in [0.15, 0.2) is 0 Å². The van der Waals surface area contributed by atoms with E-state index in [0.717, 1.165) is 24.1 Å². The lowest BCUT2D eigenvalue weighted by molar-refractivity contribution is -0.121. The molecular formula is C27H35N3O4. The number of hydrogen-bond donors (Lipinski definition) is 2. The lowest BCUT2D eigenvalue weighted by Gasteiger charge is -2.30. The van der Waals surface area contributed by atoms with Crippen LogP contribution in [0.15, 0.2) is 42.5 Å². The topological polar surface area (TPSA) is 87.7 Å². The molecule has 0 unspecified atom stereocenters. The summed E-state index contributed by atoms with van der Waals surface area (Å²) in [6.45, 7) is 8.23. The van der Waals surface area contributed by atoms with Gasteiger partial charge in [0.05, 0.1) is 18.7 Å². The summed E-state index contributed by atoms with van der Waals surface area (Å²) in [5.74, 6) is -0.519. The number of aryl methyl sites for hydroxylation is 2. The minimum absolute atomic E-state index is 0.0301. The number of carbonyl (C=O) groups is 3. The summed E-state index contributed by atoms with van der Waals surface area (Å²) in [4.78, 5) is 39.2. The highest BCUT2D eigenvalue weighted by Gasteiger charge is 2.26. The van der Waals surface area contributed by atoms with Crippen molar-refractivity contribution in [1.29, 1.82) is 0 Å². The number of nitrogens with zero attached hydrogens (tertiary/aromatic N) is 1. The van der Waals surface area contributed by atoms with Crippen LogP contribution in [0, 0.1) is 19.8 Å². The van der Waals surface area contributed by atoms with Crippen molar-refractivity contribution in [2.75, 3.05) is 36.9 Å². The molecule has 0 aliphatic carbocycles. The molecule has 7 heteroatoms. The van der Waals surface area contributed by atoms with E-state index in [4.69, 9.17) is 4.74 Å². The monoisotopic (exact) mass is 465 g/mol. The number of amides is 2. The summed E-state index contributed by atoms with van der Waals surface area (Å²) in [5, 5.41) is 5.90. The minimum atomic E-state index is -0.347. The molecule has 2 aromatic carbocycles. The summed E-state index contributed by atoms with van der Waals surface area (Å²) in [6.07, 6.45) is 3.21. The number of unbranched alkanes of at least 4 members (excludes halogenated alkanes) is 1. The molecule has 1 heterocycles. The lowest BCUT2D eigenvalue weighted by Crippen LogP contribution is -2.41. The van der Waals surface area contributed by atoms with Crippen LogP contribution in [0.4, 0.5) is 11.4 Å². The first kappa shape index (κ1) is 25.4. The molecule has 3 rings (SSSR count). The van der Waals surface area contributed by atoms with Crippen molar-refractivity contribution >= 4 is 29.2 Å². The zero-order valence-electron chi connectivity index (χ0n) is 20.4. The summed E-state index contributed by atoms with van der Waals surface area (Å²) in [7, 11) is 0. The van der Waals surface area contributed by atoms with Crippen LogP contribution in [-0.2, 0) is 14.3 Å². The molecule has 1 fully saturated rings. The second-order valence-corrected chi connectivity index (χ2v) is 8.95. The molecule has 1 aliphatic rings. The quantitative estimate of drug-likeness (QED) is 0.419. The third-order valence-electron chi connectivity index (χ3n) is 6.24. The fourth-order valence-corrected chi connectivity index (χ4v) is 3.90. The molecule has 182 valence electrons. The predicted molar refractivity (Wildman–Crippen MR) is 134 cm³/mol. The van der Waals surface area contributed by atoms with Crippen molar-refractivity contribution in [1.82, 2.24) is 4.90 Å². The van der Waals surface area contributed by atoms with E-state index in [0.29, 0.717) is 50.3 Å². The Kier molecular flexibility index (Phi) is 9.22. The second-order valence-electron chi connectivity index (χ2n) is 8.95. The summed E-state index contributed by atoms with van der Waals surface area (Å²) < 4.78 is 5.21. The number of carbonyl (C=O) groups excluding carboxylic acids is 3. The average molecular weight is 466 g/mol. The Labute approximate surface area is 201 Å². The number of nitrogens with one attached hydrogen (secondary N) is 2. The molecule has 2 amide bonds. The lowest BCUT2D eigenvalue weighted by atomic mass is 9.95. The van der Waals surface area contributed by atoms with Crippen LogP contribution in [-0.4, -0.2) is 48.9 Å². The van der Waals surface area contributed by atoms with Gasteiger partial charge in [-0.15, -0.1) is 0 Å². The van der Waals surface area contributed by atoms with Crippen molar-refractivity contribution in [3.63, 3.8) is 0 Å². The highest BCUT2D eigenvalue weighted by molar-refractivity contribution is 5.94. The van der Waals surface area contributed by atoms with Gasteiger partial charge in [0.1, 0.15) is 0 Å². The highest BCUT2D eigenvalue weighted by Crippen LogP contribution is 2.20. The highest BCUT2D eigenvalue weighted by atomic mass is 16.5. The Morgan fingerprint density at radius 1 is 0.941 bits per heavy atom. The zero-order valence-corrected chi connectivity index (χ0v) is 20.4. The molecule has 0 atom stereocenters. The van der Waals surface area contributed by atoms with Crippen LogP contribution in [0.1, 0.15) is 54.1 Å². The first-order chi connectivity index (χ1) is 16.4. The van der Waals surface area contributed by atoms with Gasteiger partial charge < -0.3 is 15.4 Å². The Balaban J connectivity index is 1.41. The third kappa shape index (κ3) is 7.42. The zero-order chi connectivity index (χ0) is 24.5. The molecule has 2 N–H and O–H groups in total. The third-order valence-corrected chi connectivity index (χ3v) is 6.24. The van der Waals surface area contributed by atoms with Gasteiger partial charge >= 0.3 is 5.97 Å². The van der Waals surface area contributed by atoms with E-state index in [-0.39, 0.29) is 23.7 Å².